The zero-order valence-electron chi connectivity index (χ0n) is 18.6. The molecule has 9 heteroatoms. The molecule has 1 aromatic heterocycles. The van der Waals surface area contributed by atoms with Crippen LogP contribution in [0, 0.1) is 11.2 Å². The van der Waals surface area contributed by atoms with Gasteiger partial charge in [-0.05, 0) is 37.1 Å². The zero-order chi connectivity index (χ0) is 23.0. The average molecular weight is 473 g/mol. The first-order valence-electron chi connectivity index (χ1n) is 10.9. The largest absolute Gasteiger partial charge is 0.493 e. The molecule has 3 aromatic rings. The fourth-order valence-corrected chi connectivity index (χ4v) is 4.79. The van der Waals surface area contributed by atoms with E-state index in [0.717, 1.165) is 25.0 Å². The molecule has 1 N–H and O–H groups in total. The van der Waals surface area contributed by atoms with Crippen LogP contribution in [0.2, 0.25) is 5.02 Å². The molecule has 33 heavy (non-hydrogen) atoms. The predicted octanol–water partition coefficient (Wildman–Crippen LogP) is 4.66. The number of aromatic nitrogens is 2. The van der Waals surface area contributed by atoms with Gasteiger partial charge in [0.1, 0.15) is 24.6 Å². The maximum atomic E-state index is 13.5. The third-order valence-electron chi connectivity index (χ3n) is 6.59. The summed E-state index contributed by atoms with van der Waals surface area (Å²) in [6.07, 6.45) is 4.27. The van der Waals surface area contributed by atoms with Crippen molar-refractivity contribution in [1.82, 2.24) is 14.9 Å². The first-order chi connectivity index (χ1) is 16.0. The summed E-state index contributed by atoms with van der Waals surface area (Å²) >= 11 is 5.92. The molecule has 1 spiro atoms. The van der Waals surface area contributed by atoms with Crippen LogP contribution in [0.5, 0.6) is 11.5 Å². The Labute approximate surface area is 196 Å². The van der Waals surface area contributed by atoms with Crippen LogP contribution in [0.25, 0.3) is 10.9 Å². The van der Waals surface area contributed by atoms with Gasteiger partial charge in [-0.15, -0.1) is 0 Å². The summed E-state index contributed by atoms with van der Waals surface area (Å²) in [5.74, 6) is 1.31. The molecule has 1 saturated carbocycles. The Balaban J connectivity index is 1.33. The minimum atomic E-state index is -0.474. The summed E-state index contributed by atoms with van der Waals surface area (Å²) in [6.45, 7) is 3.34. The van der Waals surface area contributed by atoms with Crippen LogP contribution in [-0.4, -0.2) is 61.4 Å². The molecular weight excluding hydrogens is 447 g/mol. The fourth-order valence-electron chi connectivity index (χ4n) is 4.61. The van der Waals surface area contributed by atoms with Gasteiger partial charge < -0.3 is 19.5 Å². The first kappa shape index (κ1) is 22.1. The van der Waals surface area contributed by atoms with Crippen LogP contribution in [0.4, 0.5) is 15.9 Å². The number of ether oxygens (including phenoxy) is 3. The quantitative estimate of drug-likeness (QED) is 0.511. The van der Waals surface area contributed by atoms with Crippen LogP contribution >= 0.6 is 11.6 Å². The predicted molar refractivity (Wildman–Crippen MR) is 125 cm³/mol. The second kappa shape index (κ2) is 8.93. The molecule has 1 saturated heterocycles. The molecule has 1 atom stereocenters. The second-order valence-electron chi connectivity index (χ2n) is 8.67. The van der Waals surface area contributed by atoms with Crippen LogP contribution in [0.15, 0.2) is 36.7 Å². The van der Waals surface area contributed by atoms with Crippen molar-refractivity contribution in [3.05, 3.63) is 47.5 Å². The fraction of sp³-hybridized carbons (Fsp3) is 0.417. The average Bonchev–Trinajstić information content (AvgIpc) is 3.50. The highest BCUT2D eigenvalue weighted by Crippen LogP contribution is 2.53. The number of nitrogens with one attached hydrogen (secondary N) is 1. The van der Waals surface area contributed by atoms with Gasteiger partial charge in [-0.2, -0.15) is 0 Å². The van der Waals surface area contributed by atoms with E-state index in [4.69, 9.17) is 25.8 Å². The first-order valence-corrected chi connectivity index (χ1v) is 11.3. The van der Waals surface area contributed by atoms with Crippen molar-refractivity contribution in [2.24, 2.45) is 5.41 Å². The molecule has 2 heterocycles. The Morgan fingerprint density at radius 1 is 1.18 bits per heavy atom. The molecule has 1 aliphatic heterocycles. The summed E-state index contributed by atoms with van der Waals surface area (Å²) in [5, 5.41) is 3.98. The van der Waals surface area contributed by atoms with Crippen LogP contribution in [0.3, 0.4) is 0 Å². The molecule has 1 aliphatic carbocycles. The van der Waals surface area contributed by atoms with E-state index in [0.29, 0.717) is 46.6 Å². The van der Waals surface area contributed by atoms with Gasteiger partial charge in [0.15, 0.2) is 11.5 Å². The van der Waals surface area contributed by atoms with Crippen molar-refractivity contribution >= 4 is 34.0 Å². The lowest BCUT2D eigenvalue weighted by Gasteiger charge is -2.17. The van der Waals surface area contributed by atoms with Crippen LogP contribution < -0.4 is 14.8 Å². The van der Waals surface area contributed by atoms with E-state index in [2.05, 4.69) is 20.2 Å². The molecule has 2 fully saturated rings. The van der Waals surface area contributed by atoms with E-state index < -0.39 is 5.82 Å². The number of fused-ring (bicyclic) bond motifs is 1. The number of likely N-dealkylation sites (tertiary alicyclic amines) is 1. The zero-order valence-corrected chi connectivity index (χ0v) is 19.4. The number of benzene rings is 2. The van der Waals surface area contributed by atoms with Gasteiger partial charge in [0.05, 0.1) is 23.8 Å². The molecule has 5 rings (SSSR count). The summed E-state index contributed by atoms with van der Waals surface area (Å²) in [4.78, 5) is 11.1. The van der Waals surface area contributed by atoms with Crippen molar-refractivity contribution in [2.45, 2.75) is 18.9 Å². The van der Waals surface area contributed by atoms with Gasteiger partial charge in [-0.25, -0.2) is 14.4 Å². The second-order valence-corrected chi connectivity index (χ2v) is 9.07. The minimum Gasteiger partial charge on any atom is -0.493 e. The highest BCUT2D eigenvalue weighted by molar-refractivity contribution is 6.31. The smallest absolute Gasteiger partial charge is 0.162 e. The topological polar surface area (TPSA) is 68.7 Å². The van der Waals surface area contributed by atoms with Crippen molar-refractivity contribution in [3.8, 4) is 11.5 Å². The Kier molecular flexibility index (Phi) is 5.99. The van der Waals surface area contributed by atoms with E-state index in [1.54, 1.807) is 20.3 Å². The number of hydrogen-bond donors (Lipinski definition) is 1. The maximum Gasteiger partial charge on any atom is 0.162 e. The van der Waals surface area contributed by atoms with Crippen LogP contribution in [0.1, 0.15) is 12.8 Å². The summed E-state index contributed by atoms with van der Waals surface area (Å²) in [6, 6.07) is 8.12. The number of rotatable bonds is 8. The van der Waals surface area contributed by atoms with Gasteiger partial charge in [0.2, 0.25) is 0 Å². The SMILES string of the molecule is COc1cc2ncnc(Nc3ccc(F)c(Cl)c3)c2cc1OCCN1CC(OC)C2(CC2)C1. The van der Waals surface area contributed by atoms with E-state index in [1.807, 2.05) is 12.1 Å². The molecule has 7 nitrogen and oxygen atoms in total. The monoisotopic (exact) mass is 472 g/mol. The van der Waals surface area contributed by atoms with Crippen molar-refractivity contribution in [2.75, 3.05) is 45.8 Å². The molecule has 1 unspecified atom stereocenters. The normalized spacial score (nSPS) is 19.2. The van der Waals surface area contributed by atoms with Crippen molar-refractivity contribution in [1.29, 1.82) is 0 Å². The molecule has 2 aliphatic rings. The third-order valence-corrected chi connectivity index (χ3v) is 6.88. The third kappa shape index (κ3) is 4.43. The summed E-state index contributed by atoms with van der Waals surface area (Å²) in [5.41, 5.74) is 1.68. The van der Waals surface area contributed by atoms with Gasteiger partial charge in [0.25, 0.3) is 0 Å². The van der Waals surface area contributed by atoms with Gasteiger partial charge in [-0.1, -0.05) is 11.6 Å². The number of anilines is 2. The maximum absolute atomic E-state index is 13.5. The Morgan fingerprint density at radius 3 is 2.73 bits per heavy atom. The summed E-state index contributed by atoms with van der Waals surface area (Å²) < 4.78 is 30.9. The van der Waals surface area contributed by atoms with E-state index in [-0.39, 0.29) is 5.02 Å². The van der Waals surface area contributed by atoms with Crippen molar-refractivity contribution < 1.29 is 18.6 Å². The minimum absolute atomic E-state index is 0.0367. The molecule has 174 valence electrons. The molecule has 0 radical (unpaired) electrons. The van der Waals surface area contributed by atoms with E-state index in [9.17, 15) is 4.39 Å². The van der Waals surface area contributed by atoms with Gasteiger partial charge in [-0.3, -0.25) is 4.90 Å². The van der Waals surface area contributed by atoms with Crippen LogP contribution in [-0.2, 0) is 4.74 Å². The van der Waals surface area contributed by atoms with Gasteiger partial charge >= 0.3 is 0 Å². The Hall–Kier alpha value is -2.68. The standard InChI is InChI=1S/C24H26ClFN4O3/c1-31-20-11-19-16(23(28-14-27-19)29-15-3-4-18(26)17(25)9-15)10-21(20)33-8-7-30-12-22(32-2)24(13-30)5-6-24/h3-4,9-11,14,22H,5-8,12-13H2,1-2H3,(H,27,28,29). The highest BCUT2D eigenvalue weighted by Gasteiger charge is 2.55. The number of hydrogen-bond acceptors (Lipinski definition) is 7. The number of methoxy groups -OCH3 is 2. The molecule has 2 aromatic carbocycles. The Morgan fingerprint density at radius 2 is 2.03 bits per heavy atom. The Bertz CT molecular complexity index is 1170. The lowest BCUT2D eigenvalue weighted by molar-refractivity contribution is 0.0693. The van der Waals surface area contributed by atoms with E-state index in [1.165, 1.54) is 31.3 Å². The molecular formula is C24H26ClFN4O3. The van der Waals surface area contributed by atoms with Crippen molar-refractivity contribution in [3.63, 3.8) is 0 Å². The van der Waals surface area contributed by atoms with Gasteiger partial charge in [0, 0.05) is 49.3 Å². The molecule has 0 bridgehead atoms. The molecule has 0 amide bonds. The highest BCUT2D eigenvalue weighted by atomic mass is 35.5. The van der Waals surface area contributed by atoms with E-state index >= 15 is 0 Å². The summed E-state index contributed by atoms with van der Waals surface area (Å²) in [7, 11) is 3.41. The lowest BCUT2D eigenvalue weighted by atomic mass is 10.0. The number of halogens is 2. The lowest BCUT2D eigenvalue weighted by Crippen LogP contribution is -2.27. The number of nitrogens with zero attached hydrogens (tertiary/aromatic N) is 3.